The van der Waals surface area contributed by atoms with Crippen LogP contribution in [-0.4, -0.2) is 246 Å². The third kappa shape index (κ3) is 27.8. The van der Waals surface area contributed by atoms with Gasteiger partial charge in [-0.15, -0.1) is 0 Å². The molecule has 12 amide bonds. The number of rotatable bonds is 42. The van der Waals surface area contributed by atoms with Gasteiger partial charge < -0.3 is 105 Å². The first-order valence-corrected chi connectivity index (χ1v) is 31.2. The highest BCUT2D eigenvalue weighted by molar-refractivity contribution is 6.01. The topological polar surface area (TPSA) is 607 Å². The van der Waals surface area contributed by atoms with E-state index in [1.165, 1.54) is 39.5 Å². The van der Waals surface area contributed by atoms with Crippen molar-refractivity contribution in [2.45, 2.75) is 211 Å². The van der Waals surface area contributed by atoms with Crippen LogP contribution in [0.2, 0.25) is 0 Å². The van der Waals surface area contributed by atoms with Crippen LogP contribution < -0.4 is 64.6 Å². The summed E-state index contributed by atoms with van der Waals surface area (Å²) in [5.74, 6) is -23.9. The fraction of sp³-hybridized carbons (Fsp3) is 0.690. The van der Waals surface area contributed by atoms with Gasteiger partial charge in [-0.2, -0.15) is 0 Å². The summed E-state index contributed by atoms with van der Waals surface area (Å²) in [5, 5.41) is 80.2. The van der Waals surface area contributed by atoms with E-state index in [-0.39, 0.29) is 76.9 Å². The second kappa shape index (κ2) is 39.9. The van der Waals surface area contributed by atoms with Crippen molar-refractivity contribution in [1.29, 1.82) is 0 Å². The van der Waals surface area contributed by atoms with E-state index in [1.807, 2.05) is 5.32 Å². The Labute approximate surface area is 551 Å². The molecule has 12 atom stereocenters. The van der Waals surface area contributed by atoms with Gasteiger partial charge in [-0.25, -0.2) is 4.79 Å². The van der Waals surface area contributed by atoms with E-state index in [4.69, 9.17) is 16.6 Å². The summed E-state index contributed by atoms with van der Waals surface area (Å²) in [6.07, 6.45) is -4.87. The zero-order valence-corrected chi connectivity index (χ0v) is 54.5. The lowest BCUT2D eigenvalue weighted by molar-refractivity contribution is -0.147. The minimum absolute atomic E-state index is 0.0523. The molecule has 0 aromatic heterocycles. The number of likely N-dealkylation sites (tertiary alicyclic amines) is 2. The first-order chi connectivity index (χ1) is 44.8. The van der Waals surface area contributed by atoms with Crippen LogP contribution in [0.15, 0.2) is 0 Å². The van der Waals surface area contributed by atoms with Gasteiger partial charge in [0.1, 0.15) is 66.5 Å². The van der Waals surface area contributed by atoms with Crippen molar-refractivity contribution in [2.24, 2.45) is 29.2 Å². The van der Waals surface area contributed by atoms with Gasteiger partial charge in [0.25, 0.3) is 0 Å². The third-order valence-corrected chi connectivity index (χ3v) is 15.2. The van der Waals surface area contributed by atoms with E-state index < -0.39 is 230 Å². The van der Waals surface area contributed by atoms with Crippen molar-refractivity contribution < 1.29 is 117 Å². The molecule has 96 heavy (non-hydrogen) atoms. The Morgan fingerprint density at radius 1 is 0.427 bits per heavy atom. The molecule has 0 radical (unpaired) electrons. The lowest BCUT2D eigenvalue weighted by Gasteiger charge is -2.31. The zero-order valence-electron chi connectivity index (χ0n) is 54.5. The third-order valence-electron chi connectivity index (χ3n) is 15.2. The quantitative estimate of drug-likeness (QED) is 0.0253. The molecule has 0 aromatic carbocycles. The fourth-order valence-corrected chi connectivity index (χ4v) is 10.3. The highest BCUT2D eigenvalue weighted by Crippen LogP contribution is 2.23. The second-order valence-electron chi connectivity index (χ2n) is 24.4. The summed E-state index contributed by atoms with van der Waals surface area (Å²) in [6, 6.07) is -19.2. The minimum Gasteiger partial charge on any atom is -0.481 e. The summed E-state index contributed by atoms with van der Waals surface area (Å²) in [6.45, 7) is 9.69. The summed E-state index contributed by atoms with van der Waals surface area (Å²) < 4.78 is 0. The molecule has 538 valence electrons. The van der Waals surface area contributed by atoms with Crippen LogP contribution in [0.4, 0.5) is 0 Å². The molecule has 0 aromatic rings. The Morgan fingerprint density at radius 2 is 0.823 bits per heavy atom. The molecule has 20 N–H and O–H groups in total. The van der Waals surface area contributed by atoms with Crippen LogP contribution in [0.1, 0.15) is 138 Å². The molecule has 2 aliphatic heterocycles. The summed E-state index contributed by atoms with van der Waals surface area (Å²) in [4.78, 5) is 237. The first-order valence-electron chi connectivity index (χ1n) is 31.2. The van der Waals surface area contributed by atoms with Gasteiger partial charge in [-0.05, 0) is 89.0 Å². The Morgan fingerprint density at radius 3 is 1.29 bits per heavy atom. The minimum atomic E-state index is -2.03. The van der Waals surface area contributed by atoms with Gasteiger partial charge in [-0.3, -0.25) is 81.5 Å². The zero-order chi connectivity index (χ0) is 73.0. The van der Waals surface area contributed by atoms with Gasteiger partial charge in [-0.1, -0.05) is 41.5 Å². The van der Waals surface area contributed by atoms with Crippen molar-refractivity contribution in [3.63, 3.8) is 0 Å². The van der Waals surface area contributed by atoms with Crippen molar-refractivity contribution in [2.75, 3.05) is 26.2 Å². The number of aliphatic carboxylic acids is 6. The summed E-state index contributed by atoms with van der Waals surface area (Å²) in [7, 11) is 0. The predicted octanol–water partition coefficient (Wildman–Crippen LogP) is -5.87. The Hall–Kier alpha value is -9.62. The molecule has 2 heterocycles. The van der Waals surface area contributed by atoms with E-state index in [0.29, 0.717) is 6.42 Å². The van der Waals surface area contributed by atoms with Crippen LogP contribution in [-0.2, 0) is 86.3 Å². The fourth-order valence-electron chi connectivity index (χ4n) is 10.3. The molecular formula is C58H92N14O24. The molecular weight excluding hydrogens is 1280 g/mol. The Bertz CT molecular complexity index is 2870. The average Bonchev–Trinajstić information content (AvgIpc) is 1.62. The highest BCUT2D eigenvalue weighted by Gasteiger charge is 2.43. The first kappa shape index (κ1) is 82.5. The number of nitrogens with one attached hydrogen (secondary N) is 10. The molecule has 2 fully saturated rings. The van der Waals surface area contributed by atoms with E-state index in [0.717, 1.165) is 4.90 Å². The molecule has 0 bridgehead atoms. The molecule has 0 unspecified atom stereocenters. The lowest BCUT2D eigenvalue weighted by Crippen LogP contribution is -2.61. The van der Waals surface area contributed by atoms with E-state index in [9.17, 15) is 112 Å². The van der Waals surface area contributed by atoms with Crippen molar-refractivity contribution in [3.05, 3.63) is 0 Å². The van der Waals surface area contributed by atoms with Crippen LogP contribution in [0.3, 0.4) is 0 Å². The number of carbonyl (C=O) groups is 18. The average molecular weight is 1370 g/mol. The number of nitrogens with zero attached hydrogens (tertiary/aromatic N) is 2. The maximum absolute atomic E-state index is 14.3. The molecule has 38 nitrogen and oxygen atoms in total. The summed E-state index contributed by atoms with van der Waals surface area (Å²) >= 11 is 0. The molecule has 38 heteroatoms. The van der Waals surface area contributed by atoms with Crippen LogP contribution in [0.5, 0.6) is 0 Å². The van der Waals surface area contributed by atoms with Gasteiger partial charge in [0.05, 0.1) is 38.3 Å². The molecule has 2 rings (SSSR count). The maximum atomic E-state index is 14.3. The molecule has 2 saturated heterocycles. The van der Waals surface area contributed by atoms with E-state index in [1.54, 1.807) is 13.8 Å². The Balaban J connectivity index is 2.31. The number of carboxylic acid groups (broad SMARTS) is 6. The van der Waals surface area contributed by atoms with Crippen molar-refractivity contribution >= 4 is 107 Å². The highest BCUT2D eigenvalue weighted by atomic mass is 16.4. The lowest BCUT2D eigenvalue weighted by atomic mass is 10.0. The predicted molar refractivity (Wildman–Crippen MR) is 329 cm³/mol. The number of unbranched alkanes of at least 4 members (excludes halogenated alkanes) is 1. The number of carboxylic acids is 6. The van der Waals surface area contributed by atoms with Crippen molar-refractivity contribution in [1.82, 2.24) is 63.0 Å². The van der Waals surface area contributed by atoms with Gasteiger partial charge in [0.15, 0.2) is 0 Å². The molecule has 0 spiro atoms. The smallest absolute Gasteiger partial charge is 0.326 e. The molecule has 2 aliphatic rings. The van der Waals surface area contributed by atoms with E-state index in [2.05, 4.69) is 47.9 Å². The van der Waals surface area contributed by atoms with Gasteiger partial charge in [0.2, 0.25) is 70.9 Å². The number of hydrogen-bond donors (Lipinski definition) is 18. The van der Waals surface area contributed by atoms with Crippen LogP contribution in [0, 0.1) is 17.8 Å². The number of amides is 12. The van der Waals surface area contributed by atoms with Crippen LogP contribution >= 0.6 is 0 Å². The van der Waals surface area contributed by atoms with E-state index >= 15 is 0 Å². The molecule has 0 aliphatic carbocycles. The number of nitrogens with two attached hydrogens (primary N) is 2. The van der Waals surface area contributed by atoms with Crippen molar-refractivity contribution in [3.8, 4) is 0 Å². The van der Waals surface area contributed by atoms with Crippen LogP contribution in [0.25, 0.3) is 0 Å². The normalized spacial score (nSPS) is 17.5. The number of carbonyl (C=O) groups excluding carboxylic acids is 12. The Kier molecular flexibility index (Phi) is 34.3. The maximum Gasteiger partial charge on any atom is 0.326 e. The largest absolute Gasteiger partial charge is 0.481 e. The summed E-state index contributed by atoms with van der Waals surface area (Å²) in [5.41, 5.74) is 11.3. The monoisotopic (exact) mass is 1370 g/mol. The van der Waals surface area contributed by atoms with Gasteiger partial charge >= 0.3 is 35.8 Å². The SMILES string of the molecule is CC(C)C[C@H](NC(=O)[C@H](CCC(=O)O)NC(=O)[C@H](C)N)C(=O)N1CCC[C@H]1C(=O)NCC(=O)N[C@H](C(=O)N[C@@H](CC(=O)O)C(=O)N1CCC[C@H]1C(=O)N[C@@H](CC(=O)O)C(=O)N[C@@H](CCCCN)C(=O)N[C@@H](CC(=O)O)C(=O)N[C@H](C(=O)N[C@@H](CC(=O)O)C(=O)O)C(C)C)C(C)C. The molecule has 0 saturated carbocycles. The van der Waals surface area contributed by atoms with Gasteiger partial charge in [0, 0.05) is 19.5 Å². The standard InChI is InChI=1S/C58H92N14O24/c1-26(2)20-34(66-49(86)31(15-16-40(74)75)62-47(84)29(7)60)56(93)71-18-10-13-37(71)52(89)61-25-39(73)69-45(27(3)4)54(91)67-35(23-43(80)81)57(94)72-19-11-14-38(72)53(90)65-32(21-41(76)77)50(87)63-30(12-8-9-17-59)48(85)64-33(22-42(78)79)51(88)70-46(28(5)6)55(92)68-36(58(95)96)24-44(82)83/h26-38,45-46H,8-25,59-60H2,1-7H3,(H,61,89)(H,62,84)(H,63,87)(H,64,85)(H,65,90)(H,66,86)(H,67,91)(H,68,92)(H,69,73)(H,70,88)(H,74,75)(H,76,77)(H,78,79)(H,80,81)(H,82,83)(H,95,96)/t29-,30-,31-,32-,33-,34-,35-,36-,37-,38-,45-,46-/m0/s1. The number of hydrogen-bond acceptors (Lipinski definition) is 20. The second-order valence-corrected chi connectivity index (χ2v) is 24.4.